The number of rotatable bonds is 4. The maximum atomic E-state index is 5.70. The molecule has 6 heteroatoms. The number of nitrogens with zero attached hydrogens (tertiary/aromatic N) is 2. The quantitative estimate of drug-likeness (QED) is 0.182. The predicted molar refractivity (Wildman–Crippen MR) is 166 cm³/mol. The highest BCUT2D eigenvalue weighted by atomic mass is 35.5. The van der Waals surface area contributed by atoms with Crippen molar-refractivity contribution in [3.63, 3.8) is 0 Å². The number of hydrogen-bond donors (Lipinski definition) is 1. The molecule has 0 radical (unpaired) electrons. The molecule has 0 atom stereocenters. The second kappa shape index (κ2) is 13.0. The molecule has 3 aromatic carbocycles. The number of halogens is 1. The van der Waals surface area contributed by atoms with E-state index < -0.39 is 0 Å². The van der Waals surface area contributed by atoms with Crippen LogP contribution in [0.15, 0.2) is 73.1 Å². The van der Waals surface area contributed by atoms with Crippen molar-refractivity contribution in [3.05, 3.63) is 95.3 Å². The number of methoxy groups -OCH3 is 2. The van der Waals surface area contributed by atoms with Gasteiger partial charge in [-0.15, -0.1) is 12.4 Å². The molecule has 0 amide bonds. The van der Waals surface area contributed by atoms with Gasteiger partial charge in [-0.05, 0) is 126 Å². The molecule has 40 heavy (non-hydrogen) atoms. The van der Waals surface area contributed by atoms with Crippen molar-refractivity contribution in [1.82, 2.24) is 15.3 Å². The number of benzene rings is 3. The highest BCUT2D eigenvalue weighted by molar-refractivity contribution is 6.11. The molecule has 2 aliphatic rings. The van der Waals surface area contributed by atoms with E-state index in [2.05, 4.69) is 51.7 Å². The van der Waals surface area contributed by atoms with Crippen LogP contribution in [0.4, 0.5) is 0 Å². The molecule has 3 heterocycles. The number of piperidine rings is 1. The van der Waals surface area contributed by atoms with Crippen LogP contribution in [-0.4, -0.2) is 37.3 Å². The van der Waals surface area contributed by atoms with E-state index in [1.165, 1.54) is 65.6 Å². The molecular weight excluding hydrogens is 518 g/mol. The van der Waals surface area contributed by atoms with Crippen molar-refractivity contribution < 1.29 is 9.47 Å². The van der Waals surface area contributed by atoms with Gasteiger partial charge in [0, 0.05) is 37.6 Å². The van der Waals surface area contributed by atoms with Gasteiger partial charge in [0.2, 0.25) is 0 Å². The van der Waals surface area contributed by atoms with Crippen LogP contribution in [0.5, 0.6) is 0 Å². The van der Waals surface area contributed by atoms with Crippen molar-refractivity contribution in [2.75, 3.05) is 27.3 Å². The standard InChI is InChI=1S/C26H31NO2.C8H6N2.ClH/c1-28-26(29-2)22-9-5-8-21-20-11-10-17-6-3-4-7-19(17)24(20)16-23(25(21)22)18-12-14-27-15-13-18;1-3-7-4-2-6-10-8(7)9-5-1;/h5,8-11,16,18,26-27H,3-4,6-7,12-15H2,1-2H3;1-6H;1H. The minimum absolute atomic E-state index is 0. The Morgan fingerprint density at radius 1 is 0.800 bits per heavy atom. The molecular formula is C34H38ClN3O2. The molecule has 2 aromatic heterocycles. The zero-order valence-corrected chi connectivity index (χ0v) is 24.2. The monoisotopic (exact) mass is 555 g/mol. The fourth-order valence-corrected chi connectivity index (χ4v) is 6.51. The third kappa shape index (κ3) is 5.57. The highest BCUT2D eigenvalue weighted by Crippen LogP contribution is 2.42. The number of fused-ring (bicyclic) bond motifs is 6. The van der Waals surface area contributed by atoms with Crippen LogP contribution in [-0.2, 0) is 22.3 Å². The van der Waals surface area contributed by atoms with Gasteiger partial charge in [-0.1, -0.05) is 30.3 Å². The molecule has 5 nitrogen and oxygen atoms in total. The lowest BCUT2D eigenvalue weighted by Crippen LogP contribution is -2.27. The topological polar surface area (TPSA) is 56.3 Å². The summed E-state index contributed by atoms with van der Waals surface area (Å²) in [6, 6.07) is 21.7. The number of nitrogens with one attached hydrogen (secondary N) is 1. The van der Waals surface area contributed by atoms with E-state index in [-0.39, 0.29) is 18.7 Å². The van der Waals surface area contributed by atoms with E-state index in [4.69, 9.17) is 9.47 Å². The summed E-state index contributed by atoms with van der Waals surface area (Å²) in [7, 11) is 3.46. The van der Waals surface area contributed by atoms with E-state index in [1.54, 1.807) is 37.7 Å². The molecule has 208 valence electrons. The van der Waals surface area contributed by atoms with Crippen LogP contribution in [0.3, 0.4) is 0 Å². The average Bonchev–Trinajstić information content (AvgIpc) is 3.02. The first-order chi connectivity index (χ1) is 19.3. The van der Waals surface area contributed by atoms with Gasteiger partial charge in [-0.25, -0.2) is 9.97 Å². The van der Waals surface area contributed by atoms with Gasteiger partial charge in [0.05, 0.1) is 0 Å². The molecule has 5 aromatic rings. The first kappa shape index (κ1) is 28.4. The van der Waals surface area contributed by atoms with Crippen molar-refractivity contribution in [2.45, 2.75) is 50.7 Å². The summed E-state index contributed by atoms with van der Waals surface area (Å²) >= 11 is 0. The first-order valence-electron chi connectivity index (χ1n) is 14.2. The number of pyridine rings is 2. The fraction of sp³-hybridized carbons (Fsp3) is 0.353. The summed E-state index contributed by atoms with van der Waals surface area (Å²) in [5.41, 5.74) is 6.60. The lowest BCUT2D eigenvalue weighted by molar-refractivity contribution is -0.105. The van der Waals surface area contributed by atoms with Crippen LogP contribution in [0.2, 0.25) is 0 Å². The third-order valence-corrected chi connectivity index (χ3v) is 8.39. The average molecular weight is 556 g/mol. The van der Waals surface area contributed by atoms with Gasteiger partial charge in [-0.2, -0.15) is 0 Å². The van der Waals surface area contributed by atoms with E-state index in [9.17, 15) is 0 Å². The fourth-order valence-electron chi connectivity index (χ4n) is 6.51. The molecule has 1 saturated heterocycles. The zero-order chi connectivity index (χ0) is 26.6. The van der Waals surface area contributed by atoms with Crippen molar-refractivity contribution in [3.8, 4) is 0 Å². The van der Waals surface area contributed by atoms with Gasteiger partial charge >= 0.3 is 0 Å². The van der Waals surface area contributed by atoms with Gasteiger partial charge in [0.15, 0.2) is 11.9 Å². The Morgan fingerprint density at radius 3 is 2.23 bits per heavy atom. The Labute approximate surface area is 242 Å². The van der Waals surface area contributed by atoms with Crippen LogP contribution in [0.25, 0.3) is 32.6 Å². The lowest BCUT2D eigenvalue weighted by atomic mass is 9.80. The second-order valence-electron chi connectivity index (χ2n) is 10.6. The molecule has 0 spiro atoms. The van der Waals surface area contributed by atoms with Crippen LogP contribution < -0.4 is 5.32 Å². The maximum absolute atomic E-state index is 5.70. The third-order valence-electron chi connectivity index (χ3n) is 8.39. The first-order valence-corrected chi connectivity index (χ1v) is 14.2. The highest BCUT2D eigenvalue weighted by Gasteiger charge is 2.24. The molecule has 1 fully saturated rings. The number of ether oxygens (including phenoxy) is 2. The van der Waals surface area contributed by atoms with E-state index in [0.29, 0.717) is 5.92 Å². The molecule has 1 aliphatic carbocycles. The molecule has 1 aliphatic heterocycles. The Kier molecular flexibility index (Phi) is 9.28. The van der Waals surface area contributed by atoms with Crippen LogP contribution in [0.1, 0.15) is 60.1 Å². The van der Waals surface area contributed by atoms with E-state index in [1.807, 2.05) is 24.3 Å². The lowest BCUT2D eigenvalue weighted by Gasteiger charge is -2.28. The van der Waals surface area contributed by atoms with Crippen molar-refractivity contribution in [2.24, 2.45) is 0 Å². The smallest absolute Gasteiger partial charge is 0.183 e. The van der Waals surface area contributed by atoms with Crippen molar-refractivity contribution in [1.29, 1.82) is 0 Å². The summed E-state index contributed by atoms with van der Waals surface area (Å²) in [6.45, 7) is 2.19. The molecule has 0 saturated carbocycles. The van der Waals surface area contributed by atoms with Gasteiger partial charge < -0.3 is 14.8 Å². The normalized spacial score (nSPS) is 15.5. The number of aryl methyl sites for hydroxylation is 2. The summed E-state index contributed by atoms with van der Waals surface area (Å²) in [4.78, 5) is 8.14. The maximum Gasteiger partial charge on any atom is 0.183 e. The van der Waals surface area contributed by atoms with E-state index in [0.717, 1.165) is 29.7 Å². The Balaban J connectivity index is 0.000000247. The molecule has 7 rings (SSSR count). The summed E-state index contributed by atoms with van der Waals surface area (Å²) < 4.78 is 11.4. The minimum Gasteiger partial charge on any atom is -0.352 e. The zero-order valence-electron chi connectivity index (χ0n) is 23.4. The van der Waals surface area contributed by atoms with Crippen LogP contribution >= 0.6 is 12.4 Å². The largest absolute Gasteiger partial charge is 0.352 e. The van der Waals surface area contributed by atoms with Gasteiger partial charge in [0.25, 0.3) is 0 Å². The predicted octanol–water partition coefficient (Wildman–Crippen LogP) is 7.68. The molecule has 0 bridgehead atoms. The molecule has 1 N–H and O–H groups in total. The van der Waals surface area contributed by atoms with E-state index >= 15 is 0 Å². The minimum atomic E-state index is -0.339. The number of hydrogen-bond acceptors (Lipinski definition) is 5. The summed E-state index contributed by atoms with van der Waals surface area (Å²) in [6.07, 6.45) is 10.6. The number of aromatic nitrogens is 2. The Bertz CT molecular complexity index is 1530. The Morgan fingerprint density at radius 2 is 1.52 bits per heavy atom. The van der Waals surface area contributed by atoms with Crippen molar-refractivity contribution >= 4 is 45.0 Å². The van der Waals surface area contributed by atoms with Gasteiger partial charge in [0.1, 0.15) is 0 Å². The SMILES string of the molecule is COC(OC)c1cccc2c1c(C1CCNCC1)cc1c3c(ccc12)CCCC3.Cl.c1cnc2ncccc2c1. The summed E-state index contributed by atoms with van der Waals surface area (Å²) in [5, 5.41) is 10.2. The molecule has 0 unspecified atom stereocenters. The van der Waals surface area contributed by atoms with Crippen LogP contribution in [0, 0.1) is 0 Å². The Hall–Kier alpha value is -3.09. The van der Waals surface area contributed by atoms with Gasteiger partial charge in [-0.3, -0.25) is 0 Å². The second-order valence-corrected chi connectivity index (χ2v) is 10.6. The summed E-state index contributed by atoms with van der Waals surface area (Å²) in [5.74, 6) is 0.582.